The normalized spacial score (nSPS) is 10.1. The van der Waals surface area contributed by atoms with Gasteiger partial charge < -0.3 is 10.1 Å². The van der Waals surface area contributed by atoms with Crippen molar-refractivity contribution in [1.82, 2.24) is 20.0 Å². The van der Waals surface area contributed by atoms with Crippen LogP contribution >= 0.6 is 0 Å². The largest absolute Gasteiger partial charge is 0.465 e. The van der Waals surface area contributed by atoms with E-state index in [0.29, 0.717) is 6.61 Å². The number of aromatic nitrogens is 4. The Morgan fingerprint density at radius 3 is 2.95 bits per heavy atom. The zero-order chi connectivity index (χ0) is 15.1. The Kier molecular flexibility index (Phi) is 4.97. The van der Waals surface area contributed by atoms with Crippen LogP contribution in [0, 0.1) is 0 Å². The molecule has 0 bridgehead atoms. The van der Waals surface area contributed by atoms with Gasteiger partial charge in [0.05, 0.1) is 19.2 Å². The topological polar surface area (TPSA) is 99.0 Å². The number of ether oxygens (including phenoxy) is 1. The monoisotopic (exact) mass is 289 g/mol. The number of pyridine rings is 1. The number of anilines is 1. The summed E-state index contributed by atoms with van der Waals surface area (Å²) in [5.41, 5.74) is 0.800. The quantitative estimate of drug-likeness (QED) is 0.774. The fourth-order valence-electron chi connectivity index (χ4n) is 1.63. The highest BCUT2D eigenvalue weighted by molar-refractivity contribution is 5.91. The average molecular weight is 289 g/mol. The van der Waals surface area contributed by atoms with Crippen LogP contribution in [0.25, 0.3) is 0 Å². The Hall–Kier alpha value is -2.77. The maximum Gasteiger partial charge on any atom is 0.329 e. The molecule has 1 N–H and O–H groups in total. The molecule has 0 aliphatic heterocycles. The third kappa shape index (κ3) is 4.68. The predicted octanol–water partition coefficient (Wildman–Crippen LogP) is 0.417. The number of hydrogen-bond donors (Lipinski definition) is 1. The number of nitrogens with zero attached hydrogens (tertiary/aromatic N) is 4. The van der Waals surface area contributed by atoms with Crippen molar-refractivity contribution in [2.75, 3.05) is 11.9 Å². The molecule has 2 heterocycles. The van der Waals surface area contributed by atoms with Crippen LogP contribution in [0.1, 0.15) is 12.5 Å². The molecule has 2 aromatic heterocycles. The minimum atomic E-state index is -0.429. The SMILES string of the molecule is CCOC(=O)Cn1ncc(NC(=O)Cc2cccnc2)n1. The lowest BCUT2D eigenvalue weighted by molar-refractivity contribution is -0.144. The molecule has 2 aromatic rings. The molecule has 0 aliphatic rings. The molecule has 0 radical (unpaired) electrons. The Labute approximate surface area is 121 Å². The van der Waals surface area contributed by atoms with Crippen molar-refractivity contribution >= 4 is 17.7 Å². The zero-order valence-corrected chi connectivity index (χ0v) is 11.5. The first kappa shape index (κ1) is 14.6. The van der Waals surface area contributed by atoms with Crippen molar-refractivity contribution in [3.05, 3.63) is 36.3 Å². The Balaban J connectivity index is 1.87. The van der Waals surface area contributed by atoms with E-state index >= 15 is 0 Å². The van der Waals surface area contributed by atoms with Crippen LogP contribution in [0.2, 0.25) is 0 Å². The highest BCUT2D eigenvalue weighted by Crippen LogP contribution is 2.03. The van der Waals surface area contributed by atoms with Gasteiger partial charge >= 0.3 is 5.97 Å². The number of hydrogen-bond acceptors (Lipinski definition) is 6. The number of amides is 1. The second kappa shape index (κ2) is 7.13. The van der Waals surface area contributed by atoms with E-state index in [9.17, 15) is 9.59 Å². The van der Waals surface area contributed by atoms with Crippen molar-refractivity contribution in [2.24, 2.45) is 0 Å². The predicted molar refractivity (Wildman–Crippen MR) is 73.2 cm³/mol. The van der Waals surface area contributed by atoms with E-state index in [1.807, 2.05) is 6.07 Å². The summed E-state index contributed by atoms with van der Waals surface area (Å²) >= 11 is 0. The lowest BCUT2D eigenvalue weighted by Gasteiger charge is -2.01. The summed E-state index contributed by atoms with van der Waals surface area (Å²) in [6, 6.07) is 3.57. The van der Waals surface area contributed by atoms with E-state index in [1.54, 1.807) is 25.4 Å². The lowest BCUT2D eigenvalue weighted by atomic mass is 10.2. The molecule has 0 aliphatic carbocycles. The van der Waals surface area contributed by atoms with Gasteiger partial charge in [-0.3, -0.25) is 9.78 Å². The molecule has 1 amide bonds. The van der Waals surface area contributed by atoms with Gasteiger partial charge in [-0.15, -0.1) is 5.10 Å². The molecule has 21 heavy (non-hydrogen) atoms. The van der Waals surface area contributed by atoms with E-state index in [4.69, 9.17) is 4.74 Å². The van der Waals surface area contributed by atoms with Gasteiger partial charge in [0.1, 0.15) is 0 Å². The van der Waals surface area contributed by atoms with E-state index < -0.39 is 5.97 Å². The van der Waals surface area contributed by atoms with Gasteiger partial charge in [-0.2, -0.15) is 9.90 Å². The highest BCUT2D eigenvalue weighted by atomic mass is 16.5. The molecule has 0 unspecified atom stereocenters. The average Bonchev–Trinajstić information content (AvgIpc) is 2.87. The molecule has 0 aromatic carbocycles. The van der Waals surface area contributed by atoms with Crippen molar-refractivity contribution < 1.29 is 14.3 Å². The van der Waals surface area contributed by atoms with Crippen LogP contribution in [-0.2, 0) is 27.3 Å². The second-order valence-electron chi connectivity index (χ2n) is 4.15. The zero-order valence-electron chi connectivity index (χ0n) is 11.5. The smallest absolute Gasteiger partial charge is 0.329 e. The van der Waals surface area contributed by atoms with Gasteiger partial charge in [0.25, 0.3) is 0 Å². The van der Waals surface area contributed by atoms with E-state index in [2.05, 4.69) is 20.5 Å². The third-order valence-electron chi connectivity index (χ3n) is 2.47. The van der Waals surface area contributed by atoms with Crippen LogP contribution in [-0.4, -0.2) is 38.5 Å². The third-order valence-corrected chi connectivity index (χ3v) is 2.47. The first-order chi connectivity index (χ1) is 10.2. The van der Waals surface area contributed by atoms with Gasteiger partial charge in [0.15, 0.2) is 12.4 Å². The second-order valence-corrected chi connectivity index (χ2v) is 4.15. The molecule has 8 heteroatoms. The lowest BCUT2D eigenvalue weighted by Crippen LogP contribution is -2.17. The number of carbonyl (C=O) groups is 2. The van der Waals surface area contributed by atoms with Gasteiger partial charge in [-0.25, -0.2) is 4.79 Å². The first-order valence-corrected chi connectivity index (χ1v) is 6.42. The summed E-state index contributed by atoms with van der Waals surface area (Å²) in [4.78, 5) is 28.2. The van der Waals surface area contributed by atoms with Gasteiger partial charge in [-0.05, 0) is 18.6 Å². The van der Waals surface area contributed by atoms with E-state index in [1.165, 1.54) is 6.20 Å². The molecule has 0 spiro atoms. The summed E-state index contributed by atoms with van der Waals surface area (Å²) in [7, 11) is 0. The Morgan fingerprint density at radius 1 is 1.38 bits per heavy atom. The fraction of sp³-hybridized carbons (Fsp3) is 0.308. The number of esters is 1. The maximum absolute atomic E-state index is 11.8. The van der Waals surface area contributed by atoms with Crippen molar-refractivity contribution in [3.8, 4) is 0 Å². The summed E-state index contributed by atoms with van der Waals surface area (Å²) < 4.78 is 4.78. The summed E-state index contributed by atoms with van der Waals surface area (Å²) in [6.07, 6.45) is 4.83. The van der Waals surface area contributed by atoms with Gasteiger partial charge in [0, 0.05) is 12.4 Å². The van der Waals surface area contributed by atoms with Crippen molar-refractivity contribution in [3.63, 3.8) is 0 Å². The first-order valence-electron chi connectivity index (χ1n) is 6.42. The standard InChI is InChI=1S/C13H15N5O3/c1-2-21-13(20)9-18-15-8-11(17-18)16-12(19)6-10-4-3-5-14-7-10/h3-5,7-8H,2,6,9H2,1H3,(H,16,17,19). The Bertz CT molecular complexity index is 611. The highest BCUT2D eigenvalue weighted by Gasteiger charge is 2.09. The van der Waals surface area contributed by atoms with Crippen LogP contribution in [0.5, 0.6) is 0 Å². The number of nitrogens with one attached hydrogen (secondary N) is 1. The van der Waals surface area contributed by atoms with Crippen LogP contribution in [0.15, 0.2) is 30.7 Å². The molecule has 0 saturated carbocycles. The molecular formula is C13H15N5O3. The molecule has 8 nitrogen and oxygen atoms in total. The molecule has 0 atom stereocenters. The van der Waals surface area contributed by atoms with E-state index in [0.717, 1.165) is 10.4 Å². The van der Waals surface area contributed by atoms with Crippen LogP contribution in [0.4, 0.5) is 5.82 Å². The van der Waals surface area contributed by atoms with Crippen molar-refractivity contribution in [2.45, 2.75) is 19.9 Å². The molecular weight excluding hydrogens is 274 g/mol. The maximum atomic E-state index is 11.8. The molecule has 0 saturated heterocycles. The number of rotatable bonds is 6. The summed E-state index contributed by atoms with van der Waals surface area (Å²) in [5.74, 6) is -0.374. The van der Waals surface area contributed by atoms with Crippen LogP contribution in [0.3, 0.4) is 0 Å². The molecule has 110 valence electrons. The fourth-order valence-corrected chi connectivity index (χ4v) is 1.63. The van der Waals surface area contributed by atoms with Crippen LogP contribution < -0.4 is 5.32 Å². The molecule has 0 fully saturated rings. The minimum Gasteiger partial charge on any atom is -0.465 e. The van der Waals surface area contributed by atoms with Gasteiger partial charge in [-0.1, -0.05) is 6.07 Å². The van der Waals surface area contributed by atoms with E-state index in [-0.39, 0.29) is 24.7 Å². The van der Waals surface area contributed by atoms with Gasteiger partial charge in [0.2, 0.25) is 5.91 Å². The minimum absolute atomic E-state index is 0.0910. The number of carbonyl (C=O) groups excluding carboxylic acids is 2. The Morgan fingerprint density at radius 2 is 2.24 bits per heavy atom. The molecule has 2 rings (SSSR count). The summed E-state index contributed by atoms with van der Waals surface area (Å²) in [5, 5.41) is 10.5. The van der Waals surface area contributed by atoms with Crippen molar-refractivity contribution in [1.29, 1.82) is 0 Å². The summed E-state index contributed by atoms with van der Waals surface area (Å²) in [6.45, 7) is 1.93.